The van der Waals surface area contributed by atoms with E-state index in [2.05, 4.69) is 19.6 Å². The van der Waals surface area contributed by atoms with Crippen molar-refractivity contribution in [1.82, 2.24) is 0 Å². The topological polar surface area (TPSA) is 9.23 Å². The molecule has 0 atom stereocenters. The molecule has 1 rings (SSSR count). The van der Waals surface area contributed by atoms with Crippen molar-refractivity contribution in [3.8, 4) is 0 Å². The molecule has 0 N–H and O–H groups in total. The van der Waals surface area contributed by atoms with E-state index in [9.17, 15) is 0 Å². The molecule has 0 unspecified atom stereocenters. The molecule has 0 aromatic heterocycles. The van der Waals surface area contributed by atoms with Gasteiger partial charge in [-0.15, -0.1) is 6.58 Å². The highest BCUT2D eigenvalue weighted by atomic mass is 16.5. The third-order valence-electron chi connectivity index (χ3n) is 4.90. The standard InChI is InChI=1S/C20H38O/c1-3-5-6-7-8-9-10-11-12-13-18-21-20-16-14-19(4-2)15-17-20/h4,19-20H,2-3,5-18H2,1H3. The van der Waals surface area contributed by atoms with E-state index >= 15 is 0 Å². The average molecular weight is 295 g/mol. The van der Waals surface area contributed by atoms with E-state index in [-0.39, 0.29) is 0 Å². The highest BCUT2D eigenvalue weighted by Gasteiger charge is 2.19. The summed E-state index contributed by atoms with van der Waals surface area (Å²) in [6.45, 7) is 7.17. The molecule has 0 saturated heterocycles. The quantitative estimate of drug-likeness (QED) is 0.272. The number of hydrogen-bond donors (Lipinski definition) is 0. The van der Waals surface area contributed by atoms with Crippen molar-refractivity contribution in [1.29, 1.82) is 0 Å². The van der Waals surface area contributed by atoms with Crippen LogP contribution >= 0.6 is 0 Å². The summed E-state index contributed by atoms with van der Waals surface area (Å²) < 4.78 is 6.01. The number of unbranched alkanes of at least 4 members (excludes halogenated alkanes) is 9. The highest BCUT2D eigenvalue weighted by molar-refractivity contribution is 4.84. The number of ether oxygens (including phenoxy) is 1. The van der Waals surface area contributed by atoms with Crippen molar-refractivity contribution in [2.45, 2.75) is 103 Å². The zero-order valence-corrected chi connectivity index (χ0v) is 14.5. The first-order valence-corrected chi connectivity index (χ1v) is 9.61. The van der Waals surface area contributed by atoms with Crippen LogP contribution in [0.2, 0.25) is 0 Å². The molecule has 1 aliphatic rings. The summed E-state index contributed by atoms with van der Waals surface area (Å²) in [6.07, 6.45) is 21.7. The van der Waals surface area contributed by atoms with Crippen molar-refractivity contribution in [3.05, 3.63) is 12.7 Å². The van der Waals surface area contributed by atoms with Crippen LogP contribution in [-0.4, -0.2) is 12.7 Å². The van der Waals surface area contributed by atoms with E-state index in [0.29, 0.717) is 6.10 Å². The lowest BCUT2D eigenvalue weighted by Crippen LogP contribution is -2.21. The number of rotatable bonds is 13. The van der Waals surface area contributed by atoms with E-state index in [4.69, 9.17) is 4.74 Å². The van der Waals surface area contributed by atoms with Gasteiger partial charge in [-0.05, 0) is 38.0 Å². The van der Waals surface area contributed by atoms with E-state index in [1.54, 1.807) is 0 Å². The fourth-order valence-corrected chi connectivity index (χ4v) is 3.33. The third-order valence-corrected chi connectivity index (χ3v) is 4.90. The Morgan fingerprint density at radius 2 is 1.33 bits per heavy atom. The van der Waals surface area contributed by atoms with Crippen molar-refractivity contribution in [2.24, 2.45) is 5.92 Å². The molecule has 0 radical (unpaired) electrons. The first-order chi connectivity index (χ1) is 10.4. The second kappa shape index (κ2) is 13.4. The lowest BCUT2D eigenvalue weighted by molar-refractivity contribution is 0.0203. The van der Waals surface area contributed by atoms with E-state index < -0.39 is 0 Å². The van der Waals surface area contributed by atoms with Crippen molar-refractivity contribution in [2.75, 3.05) is 6.61 Å². The van der Waals surface area contributed by atoms with Crippen LogP contribution < -0.4 is 0 Å². The van der Waals surface area contributed by atoms with E-state index in [1.807, 2.05) is 0 Å². The van der Waals surface area contributed by atoms with Crippen LogP contribution in [0.4, 0.5) is 0 Å². The molecule has 1 saturated carbocycles. The molecule has 0 spiro atoms. The fourth-order valence-electron chi connectivity index (χ4n) is 3.33. The molecule has 0 aromatic rings. The largest absolute Gasteiger partial charge is 0.378 e. The van der Waals surface area contributed by atoms with Crippen LogP contribution in [0.3, 0.4) is 0 Å². The molecular weight excluding hydrogens is 256 g/mol. The third kappa shape index (κ3) is 10.1. The Labute approximate surface area is 133 Å². The highest BCUT2D eigenvalue weighted by Crippen LogP contribution is 2.26. The summed E-state index contributed by atoms with van der Waals surface area (Å²) in [4.78, 5) is 0. The average Bonchev–Trinajstić information content (AvgIpc) is 2.53. The van der Waals surface area contributed by atoms with Crippen LogP contribution in [0.15, 0.2) is 12.7 Å². The van der Waals surface area contributed by atoms with Crippen LogP contribution in [0.1, 0.15) is 96.8 Å². The van der Waals surface area contributed by atoms with Gasteiger partial charge in [0.25, 0.3) is 0 Å². The van der Waals surface area contributed by atoms with E-state index in [0.717, 1.165) is 12.5 Å². The second-order valence-electron chi connectivity index (χ2n) is 6.83. The predicted molar refractivity (Wildman–Crippen MR) is 93.7 cm³/mol. The fraction of sp³-hybridized carbons (Fsp3) is 0.900. The second-order valence-corrected chi connectivity index (χ2v) is 6.83. The van der Waals surface area contributed by atoms with Gasteiger partial charge in [0.2, 0.25) is 0 Å². The number of hydrogen-bond acceptors (Lipinski definition) is 1. The Kier molecular flexibility index (Phi) is 11.9. The van der Waals surface area contributed by atoms with Crippen LogP contribution in [0.25, 0.3) is 0 Å². The van der Waals surface area contributed by atoms with Gasteiger partial charge in [-0.2, -0.15) is 0 Å². The van der Waals surface area contributed by atoms with Gasteiger partial charge in [0.15, 0.2) is 0 Å². The van der Waals surface area contributed by atoms with Gasteiger partial charge in [0, 0.05) is 6.61 Å². The van der Waals surface area contributed by atoms with Gasteiger partial charge in [0.05, 0.1) is 6.10 Å². The molecule has 0 heterocycles. The van der Waals surface area contributed by atoms with Crippen LogP contribution in [0.5, 0.6) is 0 Å². The molecule has 0 bridgehead atoms. The summed E-state index contributed by atoms with van der Waals surface area (Å²) >= 11 is 0. The van der Waals surface area contributed by atoms with Gasteiger partial charge in [-0.25, -0.2) is 0 Å². The van der Waals surface area contributed by atoms with Gasteiger partial charge in [-0.3, -0.25) is 0 Å². The van der Waals surface area contributed by atoms with Gasteiger partial charge in [0.1, 0.15) is 0 Å². The monoisotopic (exact) mass is 294 g/mol. The molecule has 1 fully saturated rings. The minimum absolute atomic E-state index is 0.541. The molecule has 1 aliphatic carbocycles. The lowest BCUT2D eigenvalue weighted by atomic mass is 9.87. The minimum Gasteiger partial charge on any atom is -0.378 e. The zero-order valence-electron chi connectivity index (χ0n) is 14.5. The SMILES string of the molecule is C=CC1CCC(OCCCCCCCCCCCC)CC1. The van der Waals surface area contributed by atoms with Crippen molar-refractivity contribution in [3.63, 3.8) is 0 Å². The Bertz CT molecular complexity index is 228. The lowest BCUT2D eigenvalue weighted by Gasteiger charge is -2.26. The maximum Gasteiger partial charge on any atom is 0.0575 e. The Balaban J connectivity index is 1.78. The first-order valence-electron chi connectivity index (χ1n) is 9.61. The Morgan fingerprint density at radius 1 is 0.810 bits per heavy atom. The molecular formula is C20H38O. The van der Waals surface area contributed by atoms with E-state index in [1.165, 1.54) is 89.9 Å². The maximum absolute atomic E-state index is 6.01. The van der Waals surface area contributed by atoms with Gasteiger partial charge in [-0.1, -0.05) is 70.8 Å². The van der Waals surface area contributed by atoms with Crippen molar-refractivity contribution < 1.29 is 4.74 Å². The van der Waals surface area contributed by atoms with Gasteiger partial charge >= 0.3 is 0 Å². The van der Waals surface area contributed by atoms with Gasteiger partial charge < -0.3 is 4.74 Å². The predicted octanol–water partition coefficient (Wildman–Crippen LogP) is 6.67. The molecule has 1 nitrogen and oxygen atoms in total. The Morgan fingerprint density at radius 3 is 1.86 bits per heavy atom. The molecule has 1 heteroatoms. The molecule has 0 aromatic carbocycles. The smallest absolute Gasteiger partial charge is 0.0575 e. The summed E-state index contributed by atoms with van der Waals surface area (Å²) in [5.74, 6) is 0.752. The van der Waals surface area contributed by atoms with Crippen molar-refractivity contribution >= 4 is 0 Å². The normalized spacial score (nSPS) is 22.3. The maximum atomic E-state index is 6.01. The molecule has 0 amide bonds. The summed E-state index contributed by atoms with van der Waals surface area (Å²) in [6, 6.07) is 0. The summed E-state index contributed by atoms with van der Waals surface area (Å²) in [7, 11) is 0. The summed E-state index contributed by atoms with van der Waals surface area (Å²) in [5, 5.41) is 0. The molecule has 124 valence electrons. The number of allylic oxidation sites excluding steroid dienone is 1. The molecule has 0 aliphatic heterocycles. The molecule has 21 heavy (non-hydrogen) atoms. The summed E-state index contributed by atoms with van der Waals surface area (Å²) in [5.41, 5.74) is 0. The van der Waals surface area contributed by atoms with Crippen LogP contribution in [0, 0.1) is 5.92 Å². The first kappa shape index (κ1) is 18.7. The zero-order chi connectivity index (χ0) is 15.2. The van der Waals surface area contributed by atoms with Crippen LogP contribution in [-0.2, 0) is 4.74 Å². The Hall–Kier alpha value is -0.300. The minimum atomic E-state index is 0.541.